The average molecular weight is 322 g/mol. The third kappa shape index (κ3) is 3.05. The summed E-state index contributed by atoms with van der Waals surface area (Å²) in [6.45, 7) is 2.45. The molecule has 2 heterocycles. The molecule has 1 fully saturated rings. The summed E-state index contributed by atoms with van der Waals surface area (Å²) in [5.74, 6) is 0.948. The number of hydrogen-bond donors (Lipinski definition) is 2. The number of likely N-dealkylation sites (tertiary alicyclic amines) is 1. The molecule has 0 saturated carbocycles. The van der Waals surface area contributed by atoms with Crippen LogP contribution in [0.5, 0.6) is 0 Å². The number of nitrogens with zero attached hydrogens (tertiary/aromatic N) is 2. The second kappa shape index (κ2) is 5.45. The first-order valence-electron chi connectivity index (χ1n) is 6.41. The smallest absolute Gasteiger partial charge is 0.120 e. The van der Waals surface area contributed by atoms with Gasteiger partial charge in [0, 0.05) is 23.1 Å². The number of β-amino-alcohol motifs (C(OH)–C–C–N with tert-alkyl or cyclic N) is 1. The van der Waals surface area contributed by atoms with E-state index in [1.807, 2.05) is 18.3 Å². The summed E-state index contributed by atoms with van der Waals surface area (Å²) in [5, 5.41) is 9.51. The number of imidazole rings is 1. The maximum atomic E-state index is 9.51. The van der Waals surface area contributed by atoms with Crippen molar-refractivity contribution in [3.05, 3.63) is 40.8 Å². The van der Waals surface area contributed by atoms with Crippen LogP contribution in [0, 0.1) is 0 Å². The first-order chi connectivity index (χ1) is 9.20. The zero-order chi connectivity index (χ0) is 13.2. The standard InChI is InChI=1S/C14H16BrN3O/c15-11-3-1-2-10(6-11)13-7-16-14(17-13)9-18-5-4-12(19)8-18/h1-3,6-7,12,19H,4-5,8-9H2,(H,16,17)/t12-/m1/s1. The quantitative estimate of drug-likeness (QED) is 0.912. The first-order valence-corrected chi connectivity index (χ1v) is 7.20. The molecule has 2 N–H and O–H groups in total. The van der Waals surface area contributed by atoms with E-state index in [9.17, 15) is 5.11 Å². The van der Waals surface area contributed by atoms with E-state index in [0.29, 0.717) is 0 Å². The van der Waals surface area contributed by atoms with Crippen LogP contribution in [0.2, 0.25) is 0 Å². The van der Waals surface area contributed by atoms with Gasteiger partial charge in [0.25, 0.3) is 0 Å². The molecule has 1 aromatic carbocycles. The van der Waals surface area contributed by atoms with Gasteiger partial charge >= 0.3 is 0 Å². The molecule has 5 heteroatoms. The van der Waals surface area contributed by atoms with Gasteiger partial charge in [-0.1, -0.05) is 28.1 Å². The summed E-state index contributed by atoms with van der Waals surface area (Å²) in [6.07, 6.45) is 2.54. The molecular formula is C14H16BrN3O. The molecule has 0 radical (unpaired) electrons. The van der Waals surface area contributed by atoms with Gasteiger partial charge in [-0.2, -0.15) is 0 Å². The van der Waals surface area contributed by atoms with Crippen LogP contribution in [-0.2, 0) is 6.54 Å². The van der Waals surface area contributed by atoms with Crippen LogP contribution in [0.25, 0.3) is 11.3 Å². The molecule has 2 aromatic rings. The molecule has 3 rings (SSSR count). The lowest BCUT2D eigenvalue weighted by molar-refractivity contribution is 0.174. The van der Waals surface area contributed by atoms with Crippen molar-refractivity contribution >= 4 is 15.9 Å². The molecule has 0 bridgehead atoms. The maximum Gasteiger partial charge on any atom is 0.120 e. The van der Waals surface area contributed by atoms with Crippen LogP contribution in [0.15, 0.2) is 34.9 Å². The van der Waals surface area contributed by atoms with Gasteiger partial charge in [0.15, 0.2) is 0 Å². The summed E-state index contributed by atoms with van der Waals surface area (Å²) < 4.78 is 1.06. The molecule has 0 amide bonds. The predicted molar refractivity (Wildman–Crippen MR) is 77.6 cm³/mol. The number of aliphatic hydroxyl groups excluding tert-OH is 1. The average Bonchev–Trinajstić information content (AvgIpc) is 2.99. The molecule has 19 heavy (non-hydrogen) atoms. The Hall–Kier alpha value is -1.17. The summed E-state index contributed by atoms with van der Waals surface area (Å²) in [5.41, 5.74) is 2.14. The minimum Gasteiger partial charge on any atom is -0.392 e. The van der Waals surface area contributed by atoms with Gasteiger partial charge in [0.2, 0.25) is 0 Å². The fraction of sp³-hybridized carbons (Fsp3) is 0.357. The molecule has 0 spiro atoms. The first kappa shape index (κ1) is 12.8. The number of benzene rings is 1. The van der Waals surface area contributed by atoms with Crippen LogP contribution in [-0.4, -0.2) is 39.2 Å². The van der Waals surface area contributed by atoms with E-state index in [-0.39, 0.29) is 6.10 Å². The zero-order valence-corrected chi connectivity index (χ0v) is 12.1. The molecule has 1 atom stereocenters. The lowest BCUT2D eigenvalue weighted by atomic mass is 10.2. The van der Waals surface area contributed by atoms with E-state index in [0.717, 1.165) is 47.6 Å². The van der Waals surface area contributed by atoms with Gasteiger partial charge in [0.1, 0.15) is 5.82 Å². The molecule has 0 unspecified atom stereocenters. The van der Waals surface area contributed by atoms with Gasteiger partial charge in [-0.15, -0.1) is 0 Å². The molecule has 1 saturated heterocycles. The van der Waals surface area contributed by atoms with Crippen molar-refractivity contribution in [2.24, 2.45) is 0 Å². The Morgan fingerprint density at radius 3 is 3.11 bits per heavy atom. The Bertz CT molecular complexity index is 569. The largest absolute Gasteiger partial charge is 0.392 e. The van der Waals surface area contributed by atoms with E-state index in [4.69, 9.17) is 0 Å². The molecular weight excluding hydrogens is 306 g/mol. The van der Waals surface area contributed by atoms with Crippen molar-refractivity contribution in [1.82, 2.24) is 14.9 Å². The highest BCUT2D eigenvalue weighted by Crippen LogP contribution is 2.22. The Kier molecular flexibility index (Phi) is 3.68. The third-order valence-electron chi connectivity index (χ3n) is 3.38. The minimum absolute atomic E-state index is 0.181. The lowest BCUT2D eigenvalue weighted by Crippen LogP contribution is -2.22. The van der Waals surface area contributed by atoms with Crippen molar-refractivity contribution in [3.63, 3.8) is 0 Å². The van der Waals surface area contributed by atoms with Gasteiger partial charge in [0.05, 0.1) is 24.5 Å². The van der Waals surface area contributed by atoms with E-state index in [1.165, 1.54) is 0 Å². The van der Waals surface area contributed by atoms with E-state index in [2.05, 4.69) is 42.9 Å². The lowest BCUT2D eigenvalue weighted by Gasteiger charge is -2.12. The van der Waals surface area contributed by atoms with Crippen molar-refractivity contribution in [2.45, 2.75) is 19.1 Å². The molecule has 0 aliphatic carbocycles. The normalized spacial score (nSPS) is 20.0. The number of hydrogen-bond acceptors (Lipinski definition) is 3. The Labute approximate surface area is 120 Å². The fourth-order valence-corrected chi connectivity index (χ4v) is 2.81. The second-order valence-electron chi connectivity index (χ2n) is 4.93. The van der Waals surface area contributed by atoms with Crippen LogP contribution in [0.1, 0.15) is 12.2 Å². The van der Waals surface area contributed by atoms with Crippen molar-refractivity contribution in [3.8, 4) is 11.3 Å². The summed E-state index contributed by atoms with van der Waals surface area (Å²) in [4.78, 5) is 9.98. The Balaban J connectivity index is 1.73. The Morgan fingerprint density at radius 1 is 1.47 bits per heavy atom. The zero-order valence-electron chi connectivity index (χ0n) is 10.5. The molecule has 4 nitrogen and oxygen atoms in total. The fourth-order valence-electron chi connectivity index (χ4n) is 2.41. The highest BCUT2D eigenvalue weighted by atomic mass is 79.9. The van der Waals surface area contributed by atoms with E-state index < -0.39 is 0 Å². The summed E-state index contributed by atoms with van der Waals surface area (Å²) in [7, 11) is 0. The molecule has 1 aliphatic heterocycles. The summed E-state index contributed by atoms with van der Waals surface area (Å²) >= 11 is 3.47. The highest BCUT2D eigenvalue weighted by molar-refractivity contribution is 9.10. The van der Waals surface area contributed by atoms with Crippen LogP contribution in [0.4, 0.5) is 0 Å². The summed E-state index contributed by atoms with van der Waals surface area (Å²) in [6, 6.07) is 8.14. The topological polar surface area (TPSA) is 52.1 Å². The molecule has 1 aromatic heterocycles. The number of aromatic amines is 1. The van der Waals surface area contributed by atoms with Gasteiger partial charge in [-0.25, -0.2) is 4.98 Å². The van der Waals surface area contributed by atoms with Crippen molar-refractivity contribution < 1.29 is 5.11 Å². The minimum atomic E-state index is -0.181. The highest BCUT2D eigenvalue weighted by Gasteiger charge is 2.20. The Morgan fingerprint density at radius 2 is 2.37 bits per heavy atom. The van der Waals surface area contributed by atoms with E-state index in [1.54, 1.807) is 0 Å². The number of aromatic nitrogens is 2. The predicted octanol–water partition coefficient (Wildman–Crippen LogP) is 2.41. The number of halogens is 1. The third-order valence-corrected chi connectivity index (χ3v) is 3.88. The molecule has 100 valence electrons. The van der Waals surface area contributed by atoms with Crippen LogP contribution in [0.3, 0.4) is 0 Å². The number of rotatable bonds is 3. The van der Waals surface area contributed by atoms with Gasteiger partial charge in [-0.3, -0.25) is 4.90 Å². The molecule has 1 aliphatic rings. The number of aliphatic hydroxyl groups is 1. The van der Waals surface area contributed by atoms with Gasteiger partial charge in [-0.05, 0) is 18.6 Å². The van der Waals surface area contributed by atoms with Crippen LogP contribution >= 0.6 is 15.9 Å². The second-order valence-corrected chi connectivity index (χ2v) is 5.85. The van der Waals surface area contributed by atoms with Crippen molar-refractivity contribution in [1.29, 1.82) is 0 Å². The van der Waals surface area contributed by atoms with E-state index >= 15 is 0 Å². The monoisotopic (exact) mass is 321 g/mol. The van der Waals surface area contributed by atoms with Crippen molar-refractivity contribution in [2.75, 3.05) is 13.1 Å². The maximum absolute atomic E-state index is 9.51. The SMILES string of the molecule is O[C@@H]1CCN(Cc2ncc(-c3cccc(Br)c3)[nH]2)C1. The van der Waals surface area contributed by atoms with Gasteiger partial charge < -0.3 is 10.1 Å². The van der Waals surface area contributed by atoms with Crippen LogP contribution < -0.4 is 0 Å². The number of nitrogens with one attached hydrogen (secondary N) is 1. The number of H-pyrrole nitrogens is 1.